The molecule has 1 aromatic heterocycles. The number of piperazine rings is 1. The van der Waals surface area contributed by atoms with E-state index in [1.807, 2.05) is 17.8 Å². The predicted molar refractivity (Wildman–Crippen MR) is 94.8 cm³/mol. The van der Waals surface area contributed by atoms with Crippen molar-refractivity contribution in [3.05, 3.63) is 18.2 Å². The van der Waals surface area contributed by atoms with Gasteiger partial charge in [-0.3, -0.25) is 9.69 Å². The number of hydrogen-bond acceptors (Lipinski definition) is 4. The molecule has 0 unspecified atom stereocenters. The van der Waals surface area contributed by atoms with Gasteiger partial charge in [0, 0.05) is 77.6 Å². The van der Waals surface area contributed by atoms with E-state index in [1.165, 1.54) is 26.2 Å². The monoisotopic (exact) mass is 333 g/mol. The van der Waals surface area contributed by atoms with Crippen LogP contribution in [0, 0.1) is 0 Å². The van der Waals surface area contributed by atoms with E-state index in [0.717, 1.165) is 44.7 Å². The largest absolute Gasteiger partial charge is 0.343 e. The zero-order chi connectivity index (χ0) is 16.9. The number of aryl methyl sites for hydroxylation is 2. The van der Waals surface area contributed by atoms with Gasteiger partial charge in [-0.25, -0.2) is 4.98 Å². The molecule has 0 aromatic carbocycles. The number of nitrogens with zero attached hydrogens (tertiary/aromatic N) is 5. The standard InChI is InChI=1S/C18H31N5O/c1-3-21-12-14-22(15-13-21)16-6-9-23(10-7-16)18(24)5-4-17-19-8-11-20(17)2/h8,11,16H,3-7,9-10,12-15H2,1-2H3. The molecule has 24 heavy (non-hydrogen) atoms. The quantitative estimate of drug-likeness (QED) is 0.806. The Hall–Kier alpha value is -1.40. The summed E-state index contributed by atoms with van der Waals surface area (Å²) in [5.74, 6) is 1.28. The molecule has 6 heteroatoms. The summed E-state index contributed by atoms with van der Waals surface area (Å²) in [4.78, 5) is 24.0. The molecule has 0 N–H and O–H groups in total. The van der Waals surface area contributed by atoms with Gasteiger partial charge in [0.15, 0.2) is 0 Å². The first kappa shape index (κ1) is 17.4. The molecule has 0 radical (unpaired) electrons. The van der Waals surface area contributed by atoms with Crippen LogP contribution < -0.4 is 0 Å². The van der Waals surface area contributed by atoms with Gasteiger partial charge in [-0.2, -0.15) is 0 Å². The average Bonchev–Trinajstić information content (AvgIpc) is 3.05. The number of amides is 1. The van der Waals surface area contributed by atoms with E-state index in [0.29, 0.717) is 12.5 Å². The SMILES string of the molecule is CCN1CCN(C2CCN(C(=O)CCc3nccn3C)CC2)CC1. The molecule has 0 spiro atoms. The second kappa shape index (κ2) is 8.12. The van der Waals surface area contributed by atoms with E-state index in [-0.39, 0.29) is 5.91 Å². The van der Waals surface area contributed by atoms with Crippen molar-refractivity contribution in [1.29, 1.82) is 0 Å². The molecule has 6 nitrogen and oxygen atoms in total. The van der Waals surface area contributed by atoms with E-state index >= 15 is 0 Å². The highest BCUT2D eigenvalue weighted by Gasteiger charge is 2.28. The summed E-state index contributed by atoms with van der Waals surface area (Å²) in [7, 11) is 1.98. The predicted octanol–water partition coefficient (Wildman–Crippen LogP) is 0.981. The normalized spacial score (nSPS) is 21.3. The molecule has 0 saturated carbocycles. The van der Waals surface area contributed by atoms with Gasteiger partial charge in [0.2, 0.25) is 5.91 Å². The molecular formula is C18H31N5O. The van der Waals surface area contributed by atoms with Crippen LogP contribution in [0.4, 0.5) is 0 Å². The van der Waals surface area contributed by atoms with Gasteiger partial charge in [0.1, 0.15) is 5.82 Å². The summed E-state index contributed by atoms with van der Waals surface area (Å²) in [5.41, 5.74) is 0. The summed E-state index contributed by atoms with van der Waals surface area (Å²) in [6.45, 7) is 9.99. The number of likely N-dealkylation sites (N-methyl/N-ethyl adjacent to an activating group) is 1. The number of carbonyl (C=O) groups is 1. The fourth-order valence-corrected chi connectivity index (χ4v) is 3.94. The molecule has 2 fully saturated rings. The first-order valence-electron chi connectivity index (χ1n) is 9.37. The molecule has 1 amide bonds. The van der Waals surface area contributed by atoms with E-state index in [1.54, 1.807) is 6.20 Å². The summed E-state index contributed by atoms with van der Waals surface area (Å²) in [5, 5.41) is 0. The Kier molecular flexibility index (Phi) is 5.89. The van der Waals surface area contributed by atoms with E-state index in [4.69, 9.17) is 0 Å². The zero-order valence-electron chi connectivity index (χ0n) is 15.2. The number of aromatic nitrogens is 2. The van der Waals surface area contributed by atoms with Gasteiger partial charge in [0.25, 0.3) is 0 Å². The molecule has 2 aliphatic heterocycles. The Bertz CT molecular complexity index is 527. The minimum absolute atomic E-state index is 0.284. The first-order valence-corrected chi connectivity index (χ1v) is 9.37. The lowest BCUT2D eigenvalue weighted by Gasteiger charge is -2.42. The minimum atomic E-state index is 0.284. The van der Waals surface area contributed by atoms with Crippen LogP contribution >= 0.6 is 0 Å². The number of rotatable bonds is 5. The molecule has 2 aliphatic rings. The van der Waals surface area contributed by atoms with Gasteiger partial charge in [-0.05, 0) is 19.4 Å². The van der Waals surface area contributed by atoms with Crippen LogP contribution in [0.1, 0.15) is 32.0 Å². The van der Waals surface area contributed by atoms with Crippen LogP contribution in [0.5, 0.6) is 0 Å². The number of imidazole rings is 1. The summed E-state index contributed by atoms with van der Waals surface area (Å²) >= 11 is 0. The number of piperidine rings is 1. The van der Waals surface area contributed by atoms with E-state index in [2.05, 4.69) is 26.6 Å². The molecule has 2 saturated heterocycles. The smallest absolute Gasteiger partial charge is 0.223 e. The number of carbonyl (C=O) groups excluding carboxylic acids is 1. The Morgan fingerprint density at radius 2 is 1.88 bits per heavy atom. The van der Waals surface area contributed by atoms with E-state index in [9.17, 15) is 4.79 Å². The third-order valence-corrected chi connectivity index (χ3v) is 5.67. The first-order chi connectivity index (χ1) is 11.7. The summed E-state index contributed by atoms with van der Waals surface area (Å²) in [6.07, 6.45) is 7.29. The van der Waals surface area contributed by atoms with Crippen molar-refractivity contribution in [2.24, 2.45) is 7.05 Å². The summed E-state index contributed by atoms with van der Waals surface area (Å²) in [6, 6.07) is 0.669. The maximum atomic E-state index is 12.4. The number of hydrogen-bond donors (Lipinski definition) is 0. The molecule has 0 aliphatic carbocycles. The van der Waals surface area contributed by atoms with Crippen molar-refractivity contribution in [3.63, 3.8) is 0 Å². The van der Waals surface area contributed by atoms with Crippen molar-refractivity contribution < 1.29 is 4.79 Å². The zero-order valence-corrected chi connectivity index (χ0v) is 15.2. The van der Waals surface area contributed by atoms with Crippen LogP contribution in [0.3, 0.4) is 0 Å². The fourth-order valence-electron chi connectivity index (χ4n) is 3.94. The molecule has 3 heterocycles. The van der Waals surface area contributed by atoms with Crippen molar-refractivity contribution in [2.75, 3.05) is 45.8 Å². The van der Waals surface area contributed by atoms with Gasteiger partial charge >= 0.3 is 0 Å². The fraction of sp³-hybridized carbons (Fsp3) is 0.778. The van der Waals surface area contributed by atoms with Crippen LogP contribution in [0.25, 0.3) is 0 Å². The minimum Gasteiger partial charge on any atom is -0.343 e. The molecule has 134 valence electrons. The van der Waals surface area contributed by atoms with Crippen molar-refractivity contribution in [1.82, 2.24) is 24.3 Å². The molecule has 3 rings (SSSR count). The second-order valence-corrected chi connectivity index (χ2v) is 7.04. The van der Waals surface area contributed by atoms with E-state index < -0.39 is 0 Å². The number of likely N-dealkylation sites (tertiary alicyclic amines) is 1. The van der Waals surface area contributed by atoms with Crippen LogP contribution in [-0.2, 0) is 18.3 Å². The van der Waals surface area contributed by atoms with Crippen molar-refractivity contribution >= 4 is 5.91 Å². The van der Waals surface area contributed by atoms with Gasteiger partial charge in [-0.15, -0.1) is 0 Å². The molecule has 1 aromatic rings. The molecule has 0 bridgehead atoms. The molecular weight excluding hydrogens is 302 g/mol. The lowest BCUT2D eigenvalue weighted by molar-refractivity contribution is -0.132. The van der Waals surface area contributed by atoms with Crippen LogP contribution in [0.2, 0.25) is 0 Å². The second-order valence-electron chi connectivity index (χ2n) is 7.04. The Morgan fingerprint density at radius 3 is 2.46 bits per heavy atom. The Balaban J connectivity index is 1.40. The van der Waals surface area contributed by atoms with Crippen LogP contribution in [-0.4, -0.2) is 82.0 Å². The lowest BCUT2D eigenvalue weighted by Crippen LogP contribution is -2.53. The maximum absolute atomic E-state index is 12.4. The van der Waals surface area contributed by atoms with Gasteiger partial charge in [-0.1, -0.05) is 6.92 Å². The lowest BCUT2D eigenvalue weighted by atomic mass is 10.0. The summed E-state index contributed by atoms with van der Waals surface area (Å²) < 4.78 is 2.00. The topological polar surface area (TPSA) is 44.6 Å². The third-order valence-electron chi connectivity index (χ3n) is 5.67. The van der Waals surface area contributed by atoms with Gasteiger partial charge in [0.05, 0.1) is 0 Å². The highest BCUT2D eigenvalue weighted by Crippen LogP contribution is 2.19. The van der Waals surface area contributed by atoms with Gasteiger partial charge < -0.3 is 14.4 Å². The molecule has 0 atom stereocenters. The highest BCUT2D eigenvalue weighted by atomic mass is 16.2. The van der Waals surface area contributed by atoms with Crippen LogP contribution in [0.15, 0.2) is 12.4 Å². The highest BCUT2D eigenvalue weighted by molar-refractivity contribution is 5.76. The maximum Gasteiger partial charge on any atom is 0.223 e. The van der Waals surface area contributed by atoms with Crippen molar-refractivity contribution in [2.45, 2.75) is 38.6 Å². The Labute approximate surface area is 145 Å². The third kappa shape index (κ3) is 4.16. The van der Waals surface area contributed by atoms with Crippen molar-refractivity contribution in [3.8, 4) is 0 Å². The average molecular weight is 333 g/mol. The Morgan fingerprint density at radius 1 is 1.17 bits per heavy atom.